The van der Waals surface area contributed by atoms with Crippen molar-refractivity contribution in [1.29, 1.82) is 0 Å². The zero-order valence-corrected chi connectivity index (χ0v) is 11.6. The average Bonchev–Trinajstić information content (AvgIpc) is 2.37. The topological polar surface area (TPSA) is 21.3 Å². The molecule has 20 heavy (non-hydrogen) atoms. The minimum absolute atomic E-state index is 0.0175. The second-order valence-corrected chi connectivity index (χ2v) is 5.63. The van der Waals surface area contributed by atoms with Gasteiger partial charge < -0.3 is 10.1 Å². The molecule has 0 heterocycles. The summed E-state index contributed by atoms with van der Waals surface area (Å²) in [6, 6.07) is 6.30. The molecule has 0 aliphatic heterocycles. The first-order valence-corrected chi connectivity index (χ1v) is 6.97. The van der Waals surface area contributed by atoms with Gasteiger partial charge in [0.1, 0.15) is 5.75 Å². The third-order valence-corrected chi connectivity index (χ3v) is 3.86. The summed E-state index contributed by atoms with van der Waals surface area (Å²) in [6.45, 7) is 2.53. The van der Waals surface area contributed by atoms with Gasteiger partial charge in [0.25, 0.3) is 0 Å². The molecule has 1 aliphatic rings. The largest absolute Gasteiger partial charge is 0.573 e. The predicted octanol–water partition coefficient (Wildman–Crippen LogP) is 4.40. The van der Waals surface area contributed by atoms with E-state index in [1.54, 1.807) is 18.2 Å². The van der Waals surface area contributed by atoms with E-state index in [1.807, 2.05) is 0 Å². The minimum atomic E-state index is -4.65. The van der Waals surface area contributed by atoms with E-state index < -0.39 is 6.36 Å². The number of para-hydroxylation sites is 1. The summed E-state index contributed by atoms with van der Waals surface area (Å²) in [5.74, 6) is -0.119. The molecule has 0 atom stereocenters. The number of benzene rings is 1. The Balaban J connectivity index is 2.02. The first kappa shape index (κ1) is 15.2. The number of nitrogens with one attached hydrogen (secondary N) is 1. The average molecular weight is 287 g/mol. The van der Waals surface area contributed by atoms with Gasteiger partial charge in [0.05, 0.1) is 0 Å². The highest BCUT2D eigenvalue weighted by atomic mass is 19.4. The summed E-state index contributed by atoms with van der Waals surface area (Å²) in [7, 11) is 0. The van der Waals surface area contributed by atoms with E-state index in [9.17, 15) is 13.2 Å². The number of hydrogen-bond acceptors (Lipinski definition) is 2. The summed E-state index contributed by atoms with van der Waals surface area (Å²) in [5, 5.41) is 3.39. The monoisotopic (exact) mass is 287 g/mol. The lowest BCUT2D eigenvalue weighted by molar-refractivity contribution is -0.274. The maximum atomic E-state index is 12.3. The molecule has 2 nitrogen and oxygen atoms in total. The summed E-state index contributed by atoms with van der Waals surface area (Å²) in [5.41, 5.74) is 0.556. The SMILES string of the molecule is CC1(NCc2ccccc2OC(F)(F)F)CCCCC1. The Kier molecular flexibility index (Phi) is 4.58. The predicted molar refractivity (Wildman–Crippen MR) is 71.5 cm³/mol. The van der Waals surface area contributed by atoms with E-state index in [2.05, 4.69) is 17.0 Å². The van der Waals surface area contributed by atoms with Gasteiger partial charge in [0.15, 0.2) is 0 Å². The fourth-order valence-electron chi connectivity index (χ4n) is 2.69. The van der Waals surface area contributed by atoms with Gasteiger partial charge in [-0.1, -0.05) is 37.5 Å². The van der Waals surface area contributed by atoms with Crippen molar-refractivity contribution < 1.29 is 17.9 Å². The number of rotatable bonds is 4. The summed E-state index contributed by atoms with van der Waals surface area (Å²) in [4.78, 5) is 0. The second-order valence-electron chi connectivity index (χ2n) is 5.63. The first-order valence-electron chi connectivity index (χ1n) is 6.97. The molecule has 1 fully saturated rings. The lowest BCUT2D eigenvalue weighted by Gasteiger charge is -2.35. The molecule has 5 heteroatoms. The highest BCUT2D eigenvalue weighted by Gasteiger charge is 2.32. The van der Waals surface area contributed by atoms with Gasteiger partial charge in [-0.25, -0.2) is 0 Å². The highest BCUT2D eigenvalue weighted by Crippen LogP contribution is 2.30. The molecule has 1 aromatic rings. The van der Waals surface area contributed by atoms with Gasteiger partial charge in [0, 0.05) is 17.6 Å². The maximum Gasteiger partial charge on any atom is 0.573 e. The van der Waals surface area contributed by atoms with Gasteiger partial charge in [-0.3, -0.25) is 0 Å². The molecule has 0 amide bonds. The molecule has 112 valence electrons. The van der Waals surface area contributed by atoms with Crippen LogP contribution in [0.25, 0.3) is 0 Å². The van der Waals surface area contributed by atoms with Gasteiger partial charge in [0.2, 0.25) is 0 Å². The van der Waals surface area contributed by atoms with E-state index in [1.165, 1.54) is 25.3 Å². The highest BCUT2D eigenvalue weighted by molar-refractivity contribution is 5.33. The van der Waals surface area contributed by atoms with Crippen molar-refractivity contribution in [3.8, 4) is 5.75 Å². The smallest absolute Gasteiger partial charge is 0.405 e. The van der Waals surface area contributed by atoms with Crippen LogP contribution >= 0.6 is 0 Å². The zero-order chi connectivity index (χ0) is 14.6. The van der Waals surface area contributed by atoms with Gasteiger partial charge >= 0.3 is 6.36 Å². The van der Waals surface area contributed by atoms with Crippen LogP contribution in [-0.2, 0) is 6.54 Å². The lowest BCUT2D eigenvalue weighted by atomic mass is 9.83. The van der Waals surface area contributed by atoms with Crippen LogP contribution in [-0.4, -0.2) is 11.9 Å². The molecule has 0 spiro atoms. The van der Waals surface area contributed by atoms with Crippen molar-refractivity contribution in [2.75, 3.05) is 0 Å². The Labute approximate surface area is 117 Å². The normalized spacial score (nSPS) is 18.8. The summed E-state index contributed by atoms with van der Waals surface area (Å²) < 4.78 is 41.1. The molecule has 2 rings (SSSR count). The number of ether oxygens (including phenoxy) is 1. The van der Waals surface area contributed by atoms with Crippen molar-refractivity contribution in [3.05, 3.63) is 29.8 Å². The Hall–Kier alpha value is -1.23. The van der Waals surface area contributed by atoms with Gasteiger partial charge in [-0.15, -0.1) is 13.2 Å². The van der Waals surface area contributed by atoms with Crippen LogP contribution in [0.5, 0.6) is 5.75 Å². The maximum absolute atomic E-state index is 12.3. The number of halogens is 3. The van der Waals surface area contributed by atoms with Gasteiger partial charge in [-0.2, -0.15) is 0 Å². The minimum Gasteiger partial charge on any atom is -0.405 e. The molecule has 1 saturated carbocycles. The first-order chi connectivity index (χ1) is 9.38. The van der Waals surface area contributed by atoms with Crippen molar-refractivity contribution >= 4 is 0 Å². The molecule has 0 aromatic heterocycles. The van der Waals surface area contributed by atoms with E-state index in [0.29, 0.717) is 12.1 Å². The fourth-order valence-corrected chi connectivity index (χ4v) is 2.69. The van der Waals surface area contributed by atoms with E-state index in [4.69, 9.17) is 0 Å². The van der Waals surface area contributed by atoms with Crippen LogP contribution < -0.4 is 10.1 Å². The Morgan fingerprint density at radius 3 is 2.45 bits per heavy atom. The molecule has 0 bridgehead atoms. The quantitative estimate of drug-likeness (QED) is 0.886. The third-order valence-electron chi connectivity index (χ3n) is 3.86. The van der Waals surface area contributed by atoms with Crippen molar-refractivity contribution in [2.45, 2.75) is 57.5 Å². The third kappa shape index (κ3) is 4.40. The van der Waals surface area contributed by atoms with Crippen molar-refractivity contribution in [3.63, 3.8) is 0 Å². The lowest BCUT2D eigenvalue weighted by Crippen LogP contribution is -2.43. The summed E-state index contributed by atoms with van der Waals surface area (Å²) >= 11 is 0. The van der Waals surface area contributed by atoms with Gasteiger partial charge in [-0.05, 0) is 25.8 Å². The molecule has 0 unspecified atom stereocenters. The molecule has 1 aliphatic carbocycles. The van der Waals surface area contributed by atoms with Crippen LogP contribution in [0.15, 0.2) is 24.3 Å². The second kappa shape index (κ2) is 6.04. The van der Waals surface area contributed by atoms with Crippen LogP contribution in [0.1, 0.15) is 44.6 Å². The number of hydrogen-bond donors (Lipinski definition) is 1. The van der Waals surface area contributed by atoms with E-state index in [-0.39, 0.29) is 11.3 Å². The van der Waals surface area contributed by atoms with Crippen LogP contribution in [0.4, 0.5) is 13.2 Å². The molecular formula is C15H20F3NO. The van der Waals surface area contributed by atoms with Crippen LogP contribution in [0.2, 0.25) is 0 Å². The Morgan fingerprint density at radius 1 is 1.15 bits per heavy atom. The molecule has 1 N–H and O–H groups in total. The zero-order valence-electron chi connectivity index (χ0n) is 11.6. The molecule has 0 saturated heterocycles. The van der Waals surface area contributed by atoms with E-state index in [0.717, 1.165) is 12.8 Å². The number of alkyl halides is 3. The summed E-state index contributed by atoms with van der Waals surface area (Å²) in [6.07, 6.45) is 1.06. The van der Waals surface area contributed by atoms with Crippen LogP contribution in [0.3, 0.4) is 0 Å². The van der Waals surface area contributed by atoms with Crippen LogP contribution in [0, 0.1) is 0 Å². The molecular weight excluding hydrogens is 267 g/mol. The Morgan fingerprint density at radius 2 is 1.80 bits per heavy atom. The van der Waals surface area contributed by atoms with E-state index >= 15 is 0 Å². The molecule has 1 aromatic carbocycles. The Bertz CT molecular complexity index is 439. The van der Waals surface area contributed by atoms with Crippen molar-refractivity contribution in [2.24, 2.45) is 0 Å². The fraction of sp³-hybridized carbons (Fsp3) is 0.600. The molecule has 0 radical (unpaired) electrons. The van der Waals surface area contributed by atoms with Crippen molar-refractivity contribution in [1.82, 2.24) is 5.32 Å². The standard InChI is InChI=1S/C15H20F3NO/c1-14(9-5-2-6-10-14)19-11-12-7-3-4-8-13(12)20-15(16,17)18/h3-4,7-8,19H,2,5-6,9-11H2,1H3.